The second-order valence-electron chi connectivity index (χ2n) is 3.17. The summed E-state index contributed by atoms with van der Waals surface area (Å²) < 4.78 is 0. The van der Waals surface area contributed by atoms with E-state index in [-0.39, 0.29) is 5.75 Å². The maximum Gasteiger partial charge on any atom is 0.115 e. The third-order valence-electron chi connectivity index (χ3n) is 2.17. The molecule has 1 heterocycles. The fourth-order valence-electron chi connectivity index (χ4n) is 1.29. The number of phenols is 1. The zero-order valence-corrected chi connectivity index (χ0v) is 8.33. The van der Waals surface area contributed by atoms with Gasteiger partial charge in [-0.25, -0.2) is 9.97 Å². The first kappa shape index (κ1) is 9.45. The quantitative estimate of drug-likeness (QED) is 0.806. The Labute approximate surface area is 87.8 Å². The molecule has 0 spiro atoms. The summed E-state index contributed by atoms with van der Waals surface area (Å²) in [7, 11) is 1.92. The van der Waals surface area contributed by atoms with Gasteiger partial charge in [-0.3, -0.25) is 0 Å². The van der Waals surface area contributed by atoms with E-state index >= 15 is 0 Å². The van der Waals surface area contributed by atoms with Gasteiger partial charge in [0.25, 0.3) is 0 Å². The summed E-state index contributed by atoms with van der Waals surface area (Å²) in [5, 5.41) is 9.17. The van der Waals surface area contributed by atoms with Gasteiger partial charge < -0.3 is 10.0 Å². The number of phenolic OH excluding ortho intramolecular Hbond substituents is 1. The predicted octanol–water partition coefficient (Wildman–Crippen LogP) is 1.95. The van der Waals surface area contributed by atoms with Gasteiger partial charge in [0.2, 0.25) is 0 Å². The van der Waals surface area contributed by atoms with Crippen LogP contribution in [0.5, 0.6) is 5.75 Å². The average Bonchev–Trinajstić information content (AvgIpc) is 2.30. The first-order chi connectivity index (χ1) is 7.27. The van der Waals surface area contributed by atoms with Crippen molar-refractivity contribution in [2.24, 2.45) is 0 Å². The molecule has 0 saturated carbocycles. The van der Waals surface area contributed by atoms with Crippen LogP contribution in [0.2, 0.25) is 0 Å². The van der Waals surface area contributed by atoms with Crippen molar-refractivity contribution in [1.29, 1.82) is 0 Å². The molecule has 0 aliphatic carbocycles. The molecule has 0 aliphatic rings. The summed E-state index contributed by atoms with van der Waals surface area (Å²) in [6.45, 7) is 0. The molecular formula is C11H11N3O. The molecule has 0 atom stereocenters. The molecule has 4 heteroatoms. The highest BCUT2D eigenvalue weighted by Crippen LogP contribution is 2.23. The van der Waals surface area contributed by atoms with Crippen molar-refractivity contribution in [2.45, 2.75) is 0 Å². The Bertz CT molecular complexity index is 427. The molecule has 1 N–H and O–H groups in total. The second-order valence-corrected chi connectivity index (χ2v) is 3.17. The standard InChI is InChI=1S/C11H11N3O/c1-14(10-6-12-8-13-7-10)9-2-4-11(15)5-3-9/h2-8,15H,1H3. The van der Waals surface area contributed by atoms with E-state index in [1.807, 2.05) is 24.1 Å². The van der Waals surface area contributed by atoms with Crippen LogP contribution in [0.1, 0.15) is 0 Å². The maximum atomic E-state index is 9.17. The van der Waals surface area contributed by atoms with E-state index in [0.29, 0.717) is 0 Å². The number of aromatic hydroxyl groups is 1. The molecule has 1 aromatic heterocycles. The van der Waals surface area contributed by atoms with Crippen LogP contribution in [-0.2, 0) is 0 Å². The summed E-state index contributed by atoms with van der Waals surface area (Å²) in [4.78, 5) is 9.84. The van der Waals surface area contributed by atoms with E-state index in [1.54, 1.807) is 24.5 Å². The van der Waals surface area contributed by atoms with Gasteiger partial charge in [-0.2, -0.15) is 0 Å². The van der Waals surface area contributed by atoms with Gasteiger partial charge in [0, 0.05) is 12.7 Å². The second kappa shape index (κ2) is 3.96. The van der Waals surface area contributed by atoms with Crippen LogP contribution in [0.3, 0.4) is 0 Å². The Kier molecular flexibility index (Phi) is 2.49. The van der Waals surface area contributed by atoms with E-state index < -0.39 is 0 Å². The van der Waals surface area contributed by atoms with Crippen LogP contribution >= 0.6 is 0 Å². The van der Waals surface area contributed by atoms with Crippen molar-refractivity contribution in [3.8, 4) is 5.75 Å². The molecule has 0 fully saturated rings. The zero-order valence-electron chi connectivity index (χ0n) is 8.33. The largest absolute Gasteiger partial charge is 0.508 e. The van der Waals surface area contributed by atoms with Crippen LogP contribution in [0, 0.1) is 0 Å². The molecule has 4 nitrogen and oxygen atoms in total. The highest BCUT2D eigenvalue weighted by Gasteiger charge is 2.03. The third kappa shape index (κ3) is 2.04. The number of aromatic nitrogens is 2. The first-order valence-electron chi connectivity index (χ1n) is 4.55. The van der Waals surface area contributed by atoms with Crippen molar-refractivity contribution in [3.05, 3.63) is 43.0 Å². The molecular weight excluding hydrogens is 190 g/mol. The number of anilines is 2. The van der Waals surface area contributed by atoms with E-state index in [0.717, 1.165) is 11.4 Å². The van der Waals surface area contributed by atoms with Crippen LogP contribution in [0.4, 0.5) is 11.4 Å². The first-order valence-corrected chi connectivity index (χ1v) is 4.55. The lowest BCUT2D eigenvalue weighted by Gasteiger charge is -2.18. The fraction of sp³-hybridized carbons (Fsp3) is 0.0909. The molecule has 2 aromatic rings. The lowest BCUT2D eigenvalue weighted by molar-refractivity contribution is 0.475. The number of hydrogen-bond donors (Lipinski definition) is 1. The lowest BCUT2D eigenvalue weighted by Crippen LogP contribution is -2.09. The fourth-order valence-corrected chi connectivity index (χ4v) is 1.29. The molecule has 0 bridgehead atoms. The molecule has 0 radical (unpaired) electrons. The summed E-state index contributed by atoms with van der Waals surface area (Å²) in [5.41, 5.74) is 1.88. The smallest absolute Gasteiger partial charge is 0.115 e. The minimum Gasteiger partial charge on any atom is -0.508 e. The Morgan fingerprint density at radius 3 is 2.20 bits per heavy atom. The van der Waals surface area contributed by atoms with E-state index in [2.05, 4.69) is 9.97 Å². The average molecular weight is 201 g/mol. The molecule has 0 unspecified atom stereocenters. The summed E-state index contributed by atoms with van der Waals surface area (Å²) >= 11 is 0. The number of rotatable bonds is 2. The highest BCUT2D eigenvalue weighted by atomic mass is 16.3. The van der Waals surface area contributed by atoms with Crippen molar-refractivity contribution in [3.63, 3.8) is 0 Å². The van der Waals surface area contributed by atoms with Gasteiger partial charge in [0.1, 0.15) is 12.1 Å². The van der Waals surface area contributed by atoms with Crippen molar-refractivity contribution < 1.29 is 5.11 Å². The van der Waals surface area contributed by atoms with E-state index in [4.69, 9.17) is 5.11 Å². The minimum atomic E-state index is 0.261. The number of hydrogen-bond acceptors (Lipinski definition) is 4. The number of benzene rings is 1. The topological polar surface area (TPSA) is 49.2 Å². The minimum absolute atomic E-state index is 0.261. The zero-order chi connectivity index (χ0) is 10.7. The number of nitrogens with zero attached hydrogens (tertiary/aromatic N) is 3. The van der Waals surface area contributed by atoms with E-state index in [1.165, 1.54) is 6.33 Å². The molecule has 2 rings (SSSR count). The summed E-state index contributed by atoms with van der Waals surface area (Å²) in [6.07, 6.45) is 4.97. The Balaban J connectivity index is 2.29. The van der Waals surface area contributed by atoms with Crippen molar-refractivity contribution in [1.82, 2.24) is 9.97 Å². The Hall–Kier alpha value is -2.10. The van der Waals surface area contributed by atoms with Gasteiger partial charge in [0.15, 0.2) is 0 Å². The predicted molar refractivity (Wildman–Crippen MR) is 58.2 cm³/mol. The molecule has 15 heavy (non-hydrogen) atoms. The van der Waals surface area contributed by atoms with Crippen molar-refractivity contribution >= 4 is 11.4 Å². The lowest BCUT2D eigenvalue weighted by atomic mass is 10.2. The van der Waals surface area contributed by atoms with Crippen LogP contribution < -0.4 is 4.90 Å². The van der Waals surface area contributed by atoms with Crippen molar-refractivity contribution in [2.75, 3.05) is 11.9 Å². The highest BCUT2D eigenvalue weighted by molar-refractivity contribution is 5.61. The molecule has 0 saturated heterocycles. The molecule has 1 aromatic carbocycles. The van der Waals surface area contributed by atoms with Crippen LogP contribution in [0.15, 0.2) is 43.0 Å². The van der Waals surface area contributed by atoms with Gasteiger partial charge in [-0.15, -0.1) is 0 Å². The van der Waals surface area contributed by atoms with Crippen LogP contribution in [-0.4, -0.2) is 22.1 Å². The van der Waals surface area contributed by atoms with Gasteiger partial charge in [-0.1, -0.05) is 0 Å². The molecule has 0 aliphatic heterocycles. The normalized spacial score (nSPS) is 9.93. The monoisotopic (exact) mass is 201 g/mol. The summed E-state index contributed by atoms with van der Waals surface area (Å²) in [5.74, 6) is 0.261. The SMILES string of the molecule is CN(c1ccc(O)cc1)c1cncnc1. The van der Waals surface area contributed by atoms with Gasteiger partial charge >= 0.3 is 0 Å². The van der Waals surface area contributed by atoms with Gasteiger partial charge in [-0.05, 0) is 24.3 Å². The molecule has 76 valence electrons. The van der Waals surface area contributed by atoms with E-state index in [9.17, 15) is 0 Å². The summed E-state index contributed by atoms with van der Waals surface area (Å²) in [6, 6.07) is 6.97. The van der Waals surface area contributed by atoms with Gasteiger partial charge in [0.05, 0.1) is 18.1 Å². The molecule has 0 amide bonds. The maximum absolute atomic E-state index is 9.17. The third-order valence-corrected chi connectivity index (χ3v) is 2.17. The van der Waals surface area contributed by atoms with Crippen LogP contribution in [0.25, 0.3) is 0 Å². The Morgan fingerprint density at radius 1 is 1.00 bits per heavy atom. The Morgan fingerprint density at radius 2 is 1.60 bits per heavy atom.